The smallest absolute Gasteiger partial charge is 0.563 e. The van der Waals surface area contributed by atoms with Crippen molar-refractivity contribution < 1.29 is 28.3 Å². The van der Waals surface area contributed by atoms with Gasteiger partial charge in [-0.2, -0.15) is 0 Å². The molecule has 0 aromatic rings. The second-order valence-electron chi connectivity index (χ2n) is 0.529. The van der Waals surface area contributed by atoms with Crippen LogP contribution in [0.2, 0.25) is 0 Å². The van der Waals surface area contributed by atoms with Gasteiger partial charge in [0.05, 0.1) is 0 Å². The molecule has 0 aromatic carbocycles. The molecule has 0 aromatic heterocycles. The molecule has 10 heavy (non-hydrogen) atoms. The van der Waals surface area contributed by atoms with Gasteiger partial charge in [0.1, 0.15) is 4.31 Å². The maximum atomic E-state index is 9.24. The molecule has 0 heterocycles. The Kier molecular flexibility index (Phi) is 23.3. The minimum absolute atomic E-state index is 0. The van der Waals surface area contributed by atoms with Gasteiger partial charge in [-0.3, -0.25) is 0 Å². The van der Waals surface area contributed by atoms with Gasteiger partial charge in [0, 0.05) is 7.11 Å². The summed E-state index contributed by atoms with van der Waals surface area (Å²) >= 11 is 0. The van der Waals surface area contributed by atoms with Crippen molar-refractivity contribution >= 4 is 65.4 Å². The van der Waals surface area contributed by atoms with E-state index in [1.807, 2.05) is 0 Å². The van der Waals surface area contributed by atoms with Crippen LogP contribution in [0.1, 0.15) is 0 Å². The molecule has 0 spiro atoms. The predicted octanol–water partition coefficient (Wildman–Crippen LogP) is -1.73. The van der Waals surface area contributed by atoms with E-state index in [1.54, 1.807) is 0 Å². The van der Waals surface area contributed by atoms with Crippen molar-refractivity contribution in [3.05, 3.63) is 0 Å². The van der Waals surface area contributed by atoms with E-state index in [2.05, 4.69) is 4.31 Å². The molecule has 6 nitrogen and oxygen atoms in total. The summed E-state index contributed by atoms with van der Waals surface area (Å²) in [6.45, 7) is 0. The van der Waals surface area contributed by atoms with Gasteiger partial charge in [-0.15, -0.1) is 0 Å². The molecule has 0 rings (SSSR count). The van der Waals surface area contributed by atoms with Gasteiger partial charge >= 0.3 is 65.4 Å². The third-order valence-corrected chi connectivity index (χ3v) is 1.20. The first-order chi connectivity index (χ1) is 4.13. The number of hydrogen-bond donors (Lipinski definition) is 1. The van der Waals surface area contributed by atoms with E-state index < -0.39 is 16.5 Å². The van der Waals surface area contributed by atoms with Gasteiger partial charge in [0.15, 0.2) is 0 Å². The number of aliphatic hydroxyl groups excluding tert-OH is 1. The maximum Gasteiger partial charge on any atom is 2.00 e. The molecule has 0 amide bonds. The molecule has 1 N–H and O–H groups in total. The second kappa shape index (κ2) is 13.2. The first kappa shape index (κ1) is 17.6. The van der Waals surface area contributed by atoms with Crippen LogP contribution in [-0.4, -0.2) is 61.1 Å². The molecule has 0 aliphatic carbocycles. The fourth-order valence-electron chi connectivity index (χ4n) is 0.0544. The molecule has 0 saturated heterocycles. The minimum atomic E-state index is -3.24. The molecule has 0 aliphatic heterocycles. The SMILES string of the molecule is CO.O=[P+]([O-])O[P+](=O)[O-].[Ba+2]. The zero-order valence-corrected chi connectivity index (χ0v) is 11.3. The van der Waals surface area contributed by atoms with Crippen LogP contribution in [0.15, 0.2) is 0 Å². The van der Waals surface area contributed by atoms with Gasteiger partial charge in [-0.05, 0) is 9.13 Å². The zero-order valence-electron chi connectivity index (χ0n) is 5.09. The Morgan fingerprint density at radius 1 is 1.20 bits per heavy atom. The standard InChI is InChI=1S/CH4O.Ba.O5P2/c1-2;;1-6(2)5-7(3)4/h2H,1H3;;/q;+2;. The van der Waals surface area contributed by atoms with Crippen molar-refractivity contribution in [3.63, 3.8) is 0 Å². The third-order valence-electron chi connectivity index (χ3n) is 0.133. The molecule has 0 saturated carbocycles. The monoisotopic (exact) mass is 312 g/mol. The molecule has 9 heteroatoms. The first-order valence-corrected chi connectivity index (χ1v) is 3.73. The van der Waals surface area contributed by atoms with Crippen molar-refractivity contribution in [2.75, 3.05) is 7.11 Å². The van der Waals surface area contributed by atoms with Crippen molar-refractivity contribution in [3.8, 4) is 0 Å². The van der Waals surface area contributed by atoms with Crippen LogP contribution in [0.5, 0.6) is 0 Å². The van der Waals surface area contributed by atoms with Crippen LogP contribution in [0, 0.1) is 0 Å². The average molecular weight is 311 g/mol. The third kappa shape index (κ3) is 22.6. The van der Waals surface area contributed by atoms with E-state index in [4.69, 9.17) is 5.11 Å². The van der Waals surface area contributed by atoms with E-state index in [0.29, 0.717) is 0 Å². The molecule has 0 radical (unpaired) electrons. The van der Waals surface area contributed by atoms with Crippen LogP contribution < -0.4 is 9.79 Å². The number of rotatable bonds is 2. The largest absolute Gasteiger partial charge is 2.00 e. The summed E-state index contributed by atoms with van der Waals surface area (Å²) in [6, 6.07) is 0. The van der Waals surface area contributed by atoms with E-state index in [9.17, 15) is 18.9 Å². The van der Waals surface area contributed by atoms with Crippen LogP contribution in [0.25, 0.3) is 0 Å². The quantitative estimate of drug-likeness (QED) is 0.479. The van der Waals surface area contributed by atoms with Crippen LogP contribution in [0.3, 0.4) is 0 Å². The molecule has 2 atom stereocenters. The fourth-order valence-corrected chi connectivity index (χ4v) is 0.490. The molecular formula is CH4BaO6P2+2. The van der Waals surface area contributed by atoms with E-state index >= 15 is 0 Å². The van der Waals surface area contributed by atoms with E-state index in [1.165, 1.54) is 0 Å². The van der Waals surface area contributed by atoms with Gasteiger partial charge in [-0.25, -0.2) is 0 Å². The Hall–Kier alpha value is 1.61. The summed E-state index contributed by atoms with van der Waals surface area (Å²) in [5.74, 6) is 0. The van der Waals surface area contributed by atoms with Crippen molar-refractivity contribution in [1.82, 2.24) is 0 Å². The molecular weight excluding hydrogens is 307 g/mol. The Labute approximate surface area is 99.6 Å². The van der Waals surface area contributed by atoms with Crippen LogP contribution in [0.4, 0.5) is 0 Å². The summed E-state index contributed by atoms with van der Waals surface area (Å²) in [5, 5.41) is 7.00. The molecule has 54 valence electrons. The van der Waals surface area contributed by atoms with E-state index in [0.717, 1.165) is 7.11 Å². The van der Waals surface area contributed by atoms with Gasteiger partial charge in [0.2, 0.25) is 0 Å². The molecule has 2 unspecified atom stereocenters. The minimum Gasteiger partial charge on any atom is -0.563 e. The number of hydrogen-bond acceptors (Lipinski definition) is 6. The summed E-state index contributed by atoms with van der Waals surface area (Å²) in [5.41, 5.74) is 0. The topological polar surface area (TPSA) is 110 Å². The summed E-state index contributed by atoms with van der Waals surface area (Å²) in [7, 11) is -5.47. The predicted molar refractivity (Wildman–Crippen MR) is 30.2 cm³/mol. The van der Waals surface area contributed by atoms with Crippen molar-refractivity contribution in [2.45, 2.75) is 0 Å². The van der Waals surface area contributed by atoms with E-state index in [-0.39, 0.29) is 48.9 Å². The van der Waals surface area contributed by atoms with Crippen LogP contribution in [-0.2, 0) is 13.4 Å². The second-order valence-corrected chi connectivity index (χ2v) is 2.08. The van der Waals surface area contributed by atoms with Gasteiger partial charge < -0.3 is 14.9 Å². The first-order valence-electron chi connectivity index (χ1n) is 1.54. The summed E-state index contributed by atoms with van der Waals surface area (Å²) in [6.07, 6.45) is 0. The summed E-state index contributed by atoms with van der Waals surface area (Å²) in [4.78, 5) is 18.5. The normalized spacial score (nSPS) is 10.0. The Balaban J connectivity index is -0.000000149. The van der Waals surface area contributed by atoms with Gasteiger partial charge in [0.25, 0.3) is 0 Å². The Morgan fingerprint density at radius 3 is 1.40 bits per heavy atom. The Morgan fingerprint density at radius 2 is 1.40 bits per heavy atom. The maximum absolute atomic E-state index is 9.24. The molecule has 0 aliphatic rings. The van der Waals surface area contributed by atoms with Crippen molar-refractivity contribution in [1.29, 1.82) is 0 Å². The zero-order chi connectivity index (χ0) is 7.86. The van der Waals surface area contributed by atoms with Crippen LogP contribution >= 0.6 is 16.5 Å². The number of aliphatic hydroxyl groups is 1. The Bertz CT molecular complexity index is 91.9. The fraction of sp³-hybridized carbons (Fsp3) is 1.00. The van der Waals surface area contributed by atoms with Crippen molar-refractivity contribution in [2.24, 2.45) is 0 Å². The van der Waals surface area contributed by atoms with Gasteiger partial charge in [-0.1, -0.05) is 0 Å². The average Bonchev–Trinajstić information content (AvgIpc) is 1.68. The molecule has 0 bridgehead atoms. The molecule has 0 fully saturated rings. The summed E-state index contributed by atoms with van der Waals surface area (Å²) < 4.78 is 21.6.